The molecule has 3 nitrogen and oxygen atoms in total. The van der Waals surface area contributed by atoms with Crippen LogP contribution in [0.4, 0.5) is 0 Å². The largest absolute Gasteiger partial charge is 0.469 e. The Morgan fingerprint density at radius 1 is 1.09 bits per heavy atom. The minimum absolute atomic E-state index is 0.0524. The van der Waals surface area contributed by atoms with Crippen molar-refractivity contribution in [3.63, 3.8) is 0 Å². The number of nitrogens with zero attached hydrogens (tertiary/aromatic N) is 1. The van der Waals surface area contributed by atoms with E-state index in [9.17, 15) is 4.79 Å². The van der Waals surface area contributed by atoms with E-state index in [2.05, 4.69) is 12.1 Å². The van der Waals surface area contributed by atoms with Crippen LogP contribution < -0.4 is 0 Å². The number of hydrogen-bond acceptors (Lipinski definition) is 2. The number of carbonyl (C=O) groups is 1. The minimum atomic E-state index is 0.0524. The second-order valence-corrected chi connectivity index (χ2v) is 6.51. The second kappa shape index (κ2) is 5.64. The molecule has 22 heavy (non-hydrogen) atoms. The normalized spacial score (nSPS) is 22.7. The summed E-state index contributed by atoms with van der Waals surface area (Å²) in [5.41, 5.74) is 1.18. The summed E-state index contributed by atoms with van der Waals surface area (Å²) < 4.78 is 5.51. The second-order valence-electron chi connectivity index (χ2n) is 6.51. The molecule has 4 rings (SSSR count). The van der Waals surface area contributed by atoms with Crippen LogP contribution in [0.5, 0.6) is 0 Å². The topological polar surface area (TPSA) is 33.5 Å². The zero-order valence-electron chi connectivity index (χ0n) is 12.7. The van der Waals surface area contributed by atoms with Crippen molar-refractivity contribution in [1.82, 2.24) is 4.90 Å². The Hall–Kier alpha value is -2.03. The average Bonchev–Trinajstić information content (AvgIpc) is 3.07. The summed E-state index contributed by atoms with van der Waals surface area (Å²) in [5, 5.41) is 0. The van der Waals surface area contributed by atoms with E-state index in [4.69, 9.17) is 4.42 Å². The minimum Gasteiger partial charge on any atom is -0.469 e. The number of amides is 1. The first kappa shape index (κ1) is 13.6. The van der Waals surface area contributed by atoms with E-state index in [0.29, 0.717) is 17.7 Å². The van der Waals surface area contributed by atoms with Crippen molar-refractivity contribution in [1.29, 1.82) is 0 Å². The van der Waals surface area contributed by atoms with E-state index in [1.807, 2.05) is 35.2 Å². The van der Waals surface area contributed by atoms with Gasteiger partial charge in [-0.15, -0.1) is 0 Å². The standard InChI is InChI=1S/C19H21NO2/c21-19(18(15-8-9-15)14-5-2-1-3-6-14)20-11-10-16(13-20)17-7-4-12-22-17/h1-7,12,15-16,18H,8-11,13H2. The molecule has 2 unspecified atom stereocenters. The zero-order valence-corrected chi connectivity index (χ0v) is 12.7. The van der Waals surface area contributed by atoms with Crippen LogP contribution in [0, 0.1) is 5.92 Å². The Balaban J connectivity index is 1.51. The Morgan fingerprint density at radius 2 is 1.91 bits per heavy atom. The van der Waals surface area contributed by atoms with E-state index in [1.165, 1.54) is 18.4 Å². The quantitative estimate of drug-likeness (QED) is 0.860. The van der Waals surface area contributed by atoms with Gasteiger partial charge in [0.25, 0.3) is 0 Å². The van der Waals surface area contributed by atoms with Crippen LogP contribution in [0.15, 0.2) is 53.1 Å². The maximum absolute atomic E-state index is 13.0. The maximum Gasteiger partial charge on any atom is 0.230 e. The van der Waals surface area contributed by atoms with Crippen LogP contribution in [-0.4, -0.2) is 23.9 Å². The summed E-state index contributed by atoms with van der Waals surface area (Å²) in [4.78, 5) is 15.1. The number of benzene rings is 1. The van der Waals surface area contributed by atoms with E-state index < -0.39 is 0 Å². The van der Waals surface area contributed by atoms with Gasteiger partial charge in [0.15, 0.2) is 0 Å². The Bertz CT molecular complexity index is 631. The molecule has 1 aromatic heterocycles. The van der Waals surface area contributed by atoms with Crippen molar-refractivity contribution >= 4 is 5.91 Å². The summed E-state index contributed by atoms with van der Waals surface area (Å²) in [6.07, 6.45) is 5.09. The third kappa shape index (κ3) is 2.56. The molecule has 1 aromatic carbocycles. The van der Waals surface area contributed by atoms with Gasteiger partial charge in [0.1, 0.15) is 5.76 Å². The van der Waals surface area contributed by atoms with Crippen LogP contribution in [-0.2, 0) is 4.79 Å². The highest BCUT2D eigenvalue weighted by Gasteiger charge is 2.41. The van der Waals surface area contributed by atoms with Gasteiger partial charge < -0.3 is 9.32 Å². The van der Waals surface area contributed by atoms with Crippen molar-refractivity contribution in [2.45, 2.75) is 31.1 Å². The number of furan rings is 1. The fraction of sp³-hybridized carbons (Fsp3) is 0.421. The van der Waals surface area contributed by atoms with Gasteiger partial charge in [-0.1, -0.05) is 30.3 Å². The highest BCUT2D eigenvalue weighted by atomic mass is 16.3. The van der Waals surface area contributed by atoms with Crippen molar-refractivity contribution < 1.29 is 9.21 Å². The number of rotatable bonds is 4. The lowest BCUT2D eigenvalue weighted by Gasteiger charge is -2.24. The summed E-state index contributed by atoms with van der Waals surface area (Å²) in [5.74, 6) is 2.27. The molecule has 2 aromatic rings. The van der Waals surface area contributed by atoms with Gasteiger partial charge in [-0.05, 0) is 42.9 Å². The molecular weight excluding hydrogens is 274 g/mol. The predicted octanol–water partition coefficient (Wildman–Crippen LogP) is 3.79. The zero-order chi connectivity index (χ0) is 14.9. The van der Waals surface area contributed by atoms with Gasteiger partial charge >= 0.3 is 0 Å². The van der Waals surface area contributed by atoms with Crippen molar-refractivity contribution in [3.05, 3.63) is 60.1 Å². The molecule has 2 atom stereocenters. The van der Waals surface area contributed by atoms with Gasteiger partial charge in [0, 0.05) is 19.0 Å². The lowest BCUT2D eigenvalue weighted by Crippen LogP contribution is -2.34. The Labute approximate surface area is 130 Å². The monoisotopic (exact) mass is 295 g/mol. The van der Waals surface area contributed by atoms with Gasteiger partial charge in [-0.25, -0.2) is 0 Å². The molecule has 2 fully saturated rings. The fourth-order valence-electron chi connectivity index (χ4n) is 3.62. The van der Waals surface area contributed by atoms with Crippen LogP contribution in [0.3, 0.4) is 0 Å². The number of hydrogen-bond donors (Lipinski definition) is 0. The third-order valence-electron chi connectivity index (χ3n) is 4.96. The van der Waals surface area contributed by atoms with Crippen LogP contribution in [0.25, 0.3) is 0 Å². The summed E-state index contributed by atoms with van der Waals surface area (Å²) in [6.45, 7) is 1.64. The smallest absolute Gasteiger partial charge is 0.230 e. The molecule has 0 N–H and O–H groups in total. The number of likely N-dealkylation sites (tertiary alicyclic amines) is 1. The highest BCUT2D eigenvalue weighted by Crippen LogP contribution is 2.44. The first-order valence-electron chi connectivity index (χ1n) is 8.20. The molecule has 1 amide bonds. The van der Waals surface area contributed by atoms with Crippen molar-refractivity contribution in [2.24, 2.45) is 5.92 Å². The molecule has 3 heteroatoms. The highest BCUT2D eigenvalue weighted by molar-refractivity contribution is 5.84. The van der Waals surface area contributed by atoms with E-state index in [0.717, 1.165) is 25.3 Å². The van der Waals surface area contributed by atoms with Crippen LogP contribution >= 0.6 is 0 Å². The molecule has 0 spiro atoms. The van der Waals surface area contributed by atoms with Crippen molar-refractivity contribution in [3.8, 4) is 0 Å². The van der Waals surface area contributed by atoms with E-state index in [1.54, 1.807) is 6.26 Å². The molecule has 2 heterocycles. The third-order valence-corrected chi connectivity index (χ3v) is 4.96. The van der Waals surface area contributed by atoms with Gasteiger partial charge in [-0.2, -0.15) is 0 Å². The van der Waals surface area contributed by atoms with Gasteiger partial charge in [0.05, 0.1) is 12.2 Å². The molecule has 1 aliphatic heterocycles. The number of carbonyl (C=O) groups excluding carboxylic acids is 1. The first-order valence-corrected chi connectivity index (χ1v) is 8.20. The Morgan fingerprint density at radius 3 is 2.59 bits per heavy atom. The molecule has 0 bridgehead atoms. The Kier molecular flexibility index (Phi) is 3.49. The van der Waals surface area contributed by atoms with E-state index >= 15 is 0 Å². The predicted molar refractivity (Wildman–Crippen MR) is 84.6 cm³/mol. The molecule has 0 radical (unpaired) electrons. The molecule has 2 aliphatic rings. The lowest BCUT2D eigenvalue weighted by atomic mass is 9.93. The summed E-state index contributed by atoms with van der Waals surface area (Å²) >= 11 is 0. The first-order chi connectivity index (χ1) is 10.8. The SMILES string of the molecule is O=C(C(c1ccccc1)C1CC1)N1CCC(c2ccco2)C1. The van der Waals surface area contributed by atoms with Gasteiger partial charge in [0.2, 0.25) is 5.91 Å². The molecule has 1 aliphatic carbocycles. The van der Waals surface area contributed by atoms with Crippen LogP contribution in [0.2, 0.25) is 0 Å². The van der Waals surface area contributed by atoms with Gasteiger partial charge in [-0.3, -0.25) is 4.79 Å². The lowest BCUT2D eigenvalue weighted by molar-refractivity contribution is -0.132. The average molecular weight is 295 g/mol. The maximum atomic E-state index is 13.0. The molecule has 1 saturated heterocycles. The van der Waals surface area contributed by atoms with Crippen LogP contribution in [0.1, 0.15) is 42.4 Å². The van der Waals surface area contributed by atoms with E-state index in [-0.39, 0.29) is 5.92 Å². The molecular formula is C19H21NO2. The van der Waals surface area contributed by atoms with Crippen molar-refractivity contribution in [2.75, 3.05) is 13.1 Å². The molecule has 1 saturated carbocycles. The fourth-order valence-corrected chi connectivity index (χ4v) is 3.62. The summed E-state index contributed by atoms with van der Waals surface area (Å²) in [7, 11) is 0. The molecule has 114 valence electrons. The summed E-state index contributed by atoms with van der Waals surface area (Å²) in [6, 6.07) is 14.2.